The maximum atomic E-state index is 13.3. The van der Waals surface area contributed by atoms with Crippen LogP contribution in [0.3, 0.4) is 0 Å². The van der Waals surface area contributed by atoms with Gasteiger partial charge in [-0.25, -0.2) is 4.39 Å². The first-order chi connectivity index (χ1) is 7.02. The van der Waals surface area contributed by atoms with Crippen molar-refractivity contribution >= 4 is 37.8 Å². The SMILES string of the molecule is CC(Br)CNC(=O)c1c(F)cccc1Br. The minimum absolute atomic E-state index is 0.0469. The number of benzene rings is 1. The van der Waals surface area contributed by atoms with Crippen LogP contribution in [-0.4, -0.2) is 17.3 Å². The number of nitrogens with one attached hydrogen (secondary N) is 1. The summed E-state index contributed by atoms with van der Waals surface area (Å²) >= 11 is 6.43. The van der Waals surface area contributed by atoms with E-state index in [1.54, 1.807) is 12.1 Å². The van der Waals surface area contributed by atoms with Gasteiger partial charge >= 0.3 is 0 Å². The van der Waals surface area contributed by atoms with Gasteiger partial charge in [-0.15, -0.1) is 0 Å². The molecule has 0 aliphatic carbocycles. The fourth-order valence-electron chi connectivity index (χ4n) is 1.04. The van der Waals surface area contributed by atoms with E-state index < -0.39 is 11.7 Å². The largest absolute Gasteiger partial charge is 0.351 e. The smallest absolute Gasteiger partial charge is 0.255 e. The Hall–Kier alpha value is -0.420. The second-order valence-corrected chi connectivity index (χ2v) is 5.50. The van der Waals surface area contributed by atoms with Crippen molar-refractivity contribution < 1.29 is 9.18 Å². The molecule has 0 aliphatic rings. The standard InChI is InChI=1S/C10H10Br2FNO/c1-6(11)5-14-10(15)9-7(12)3-2-4-8(9)13/h2-4,6H,5H2,1H3,(H,14,15). The molecule has 0 aromatic heterocycles. The Bertz CT molecular complexity index is 348. The molecule has 0 spiro atoms. The van der Waals surface area contributed by atoms with Gasteiger partial charge in [-0.1, -0.05) is 28.9 Å². The van der Waals surface area contributed by atoms with Gasteiger partial charge in [0.15, 0.2) is 0 Å². The van der Waals surface area contributed by atoms with Crippen LogP contribution >= 0.6 is 31.9 Å². The van der Waals surface area contributed by atoms with Crippen LogP contribution in [0.25, 0.3) is 0 Å². The number of hydrogen-bond acceptors (Lipinski definition) is 1. The van der Waals surface area contributed by atoms with E-state index >= 15 is 0 Å². The molecule has 0 bridgehead atoms. The quantitative estimate of drug-likeness (QED) is 0.843. The van der Waals surface area contributed by atoms with E-state index in [4.69, 9.17) is 0 Å². The lowest BCUT2D eigenvalue weighted by molar-refractivity contribution is 0.0949. The predicted molar refractivity (Wildman–Crippen MR) is 64.8 cm³/mol. The first kappa shape index (κ1) is 12.6. The zero-order valence-electron chi connectivity index (χ0n) is 8.06. The lowest BCUT2D eigenvalue weighted by atomic mass is 10.2. The summed E-state index contributed by atoms with van der Waals surface area (Å²) < 4.78 is 13.8. The molecule has 0 aliphatic heterocycles. The molecule has 1 unspecified atom stereocenters. The fourth-order valence-corrected chi connectivity index (χ4v) is 1.72. The Balaban J connectivity index is 2.82. The molecule has 2 nitrogen and oxygen atoms in total. The van der Waals surface area contributed by atoms with E-state index in [0.29, 0.717) is 11.0 Å². The zero-order valence-corrected chi connectivity index (χ0v) is 11.2. The predicted octanol–water partition coefficient (Wildman–Crippen LogP) is 3.10. The van der Waals surface area contributed by atoms with Crippen molar-refractivity contribution in [2.45, 2.75) is 11.8 Å². The zero-order chi connectivity index (χ0) is 11.4. The van der Waals surface area contributed by atoms with Crippen molar-refractivity contribution in [3.8, 4) is 0 Å². The minimum Gasteiger partial charge on any atom is -0.351 e. The van der Waals surface area contributed by atoms with Gasteiger partial charge in [0, 0.05) is 15.8 Å². The van der Waals surface area contributed by atoms with Crippen LogP contribution in [0.2, 0.25) is 0 Å². The molecule has 0 fully saturated rings. The Labute approximate surface area is 105 Å². The number of rotatable bonds is 3. The average molecular weight is 339 g/mol. The van der Waals surface area contributed by atoms with Crippen molar-refractivity contribution in [2.24, 2.45) is 0 Å². The van der Waals surface area contributed by atoms with Gasteiger partial charge in [-0.2, -0.15) is 0 Å². The summed E-state index contributed by atoms with van der Waals surface area (Å²) in [5, 5.41) is 2.62. The van der Waals surface area contributed by atoms with Crippen molar-refractivity contribution in [1.29, 1.82) is 0 Å². The number of carbonyl (C=O) groups is 1. The first-order valence-electron chi connectivity index (χ1n) is 4.38. The normalized spacial score (nSPS) is 12.3. The second-order valence-electron chi connectivity index (χ2n) is 3.09. The van der Waals surface area contributed by atoms with E-state index in [-0.39, 0.29) is 10.4 Å². The van der Waals surface area contributed by atoms with E-state index in [1.807, 2.05) is 6.92 Å². The Morgan fingerprint density at radius 2 is 2.27 bits per heavy atom. The topological polar surface area (TPSA) is 29.1 Å². The molecule has 82 valence electrons. The molecule has 1 N–H and O–H groups in total. The van der Waals surface area contributed by atoms with Gasteiger partial charge in [0.2, 0.25) is 0 Å². The third-order valence-electron chi connectivity index (χ3n) is 1.73. The highest BCUT2D eigenvalue weighted by molar-refractivity contribution is 9.10. The molecule has 15 heavy (non-hydrogen) atoms. The van der Waals surface area contributed by atoms with Gasteiger partial charge in [-0.05, 0) is 28.1 Å². The Morgan fingerprint density at radius 3 is 2.80 bits per heavy atom. The summed E-state index contributed by atoms with van der Waals surface area (Å²) in [4.78, 5) is 11.7. The maximum absolute atomic E-state index is 13.3. The first-order valence-corrected chi connectivity index (χ1v) is 6.09. The minimum atomic E-state index is -0.524. The molecular weight excluding hydrogens is 329 g/mol. The lowest BCUT2D eigenvalue weighted by Gasteiger charge is -2.08. The molecule has 0 saturated carbocycles. The van der Waals surface area contributed by atoms with Crippen molar-refractivity contribution in [2.75, 3.05) is 6.54 Å². The Morgan fingerprint density at radius 1 is 1.60 bits per heavy atom. The molecule has 1 amide bonds. The van der Waals surface area contributed by atoms with Crippen molar-refractivity contribution in [3.63, 3.8) is 0 Å². The number of amides is 1. The second kappa shape index (κ2) is 5.61. The van der Waals surface area contributed by atoms with Gasteiger partial charge in [-0.3, -0.25) is 4.79 Å². The highest BCUT2D eigenvalue weighted by Crippen LogP contribution is 2.19. The molecule has 5 heteroatoms. The molecular formula is C10H10Br2FNO. The molecule has 0 saturated heterocycles. The average Bonchev–Trinajstić information content (AvgIpc) is 2.14. The lowest BCUT2D eigenvalue weighted by Crippen LogP contribution is -2.29. The van der Waals surface area contributed by atoms with Gasteiger partial charge in [0.1, 0.15) is 5.82 Å². The van der Waals surface area contributed by atoms with E-state index in [1.165, 1.54) is 6.07 Å². The van der Waals surface area contributed by atoms with Gasteiger partial charge in [0.25, 0.3) is 5.91 Å². The van der Waals surface area contributed by atoms with Crippen molar-refractivity contribution in [3.05, 3.63) is 34.1 Å². The van der Waals surface area contributed by atoms with Gasteiger partial charge < -0.3 is 5.32 Å². The summed E-state index contributed by atoms with van der Waals surface area (Å²) in [6.45, 7) is 2.36. The van der Waals surface area contributed by atoms with Crippen LogP contribution in [-0.2, 0) is 0 Å². The van der Waals surface area contributed by atoms with Crippen molar-refractivity contribution in [1.82, 2.24) is 5.32 Å². The molecule has 0 radical (unpaired) electrons. The van der Waals surface area contributed by atoms with E-state index in [0.717, 1.165) is 0 Å². The molecule has 1 aromatic rings. The third kappa shape index (κ3) is 3.57. The fraction of sp³-hybridized carbons (Fsp3) is 0.300. The number of alkyl halides is 1. The van der Waals surface area contributed by atoms with Crippen LogP contribution in [0.4, 0.5) is 4.39 Å². The van der Waals surface area contributed by atoms with Gasteiger partial charge in [0.05, 0.1) is 5.56 Å². The van der Waals surface area contributed by atoms with Crippen LogP contribution in [0.1, 0.15) is 17.3 Å². The number of halogens is 3. The van der Waals surface area contributed by atoms with Crippen LogP contribution in [0.5, 0.6) is 0 Å². The highest BCUT2D eigenvalue weighted by atomic mass is 79.9. The molecule has 1 rings (SSSR count). The highest BCUT2D eigenvalue weighted by Gasteiger charge is 2.14. The summed E-state index contributed by atoms with van der Waals surface area (Å²) in [6.07, 6.45) is 0. The summed E-state index contributed by atoms with van der Waals surface area (Å²) in [5.41, 5.74) is 0.0469. The monoisotopic (exact) mass is 337 g/mol. The van der Waals surface area contributed by atoms with E-state index in [2.05, 4.69) is 37.2 Å². The summed E-state index contributed by atoms with van der Waals surface area (Å²) in [6, 6.07) is 4.44. The summed E-state index contributed by atoms with van der Waals surface area (Å²) in [7, 11) is 0. The number of carbonyl (C=O) groups excluding carboxylic acids is 1. The molecule has 1 atom stereocenters. The van der Waals surface area contributed by atoms with E-state index in [9.17, 15) is 9.18 Å². The summed E-state index contributed by atoms with van der Waals surface area (Å²) in [5.74, 6) is -0.935. The van der Waals surface area contributed by atoms with Crippen LogP contribution in [0, 0.1) is 5.82 Å². The van der Waals surface area contributed by atoms with Crippen LogP contribution in [0.15, 0.2) is 22.7 Å². The Kier molecular flexibility index (Phi) is 4.73. The molecule has 0 heterocycles. The van der Waals surface area contributed by atoms with Crippen LogP contribution < -0.4 is 5.32 Å². The molecule has 1 aromatic carbocycles. The number of hydrogen-bond donors (Lipinski definition) is 1. The third-order valence-corrected chi connectivity index (χ3v) is 2.72. The maximum Gasteiger partial charge on any atom is 0.255 e.